The largest absolute Gasteiger partial charge is 2.00 e. The smallest absolute Gasteiger partial charge is 0.147 e. The van der Waals surface area contributed by atoms with Crippen LogP contribution in [0, 0.1) is 0 Å². The van der Waals surface area contributed by atoms with Crippen LogP contribution in [0.4, 0.5) is 0 Å². The fraction of sp³-hybridized carbons (Fsp3) is 0. The maximum atomic E-state index is 0. The van der Waals surface area contributed by atoms with E-state index >= 15 is 0 Å². The summed E-state index contributed by atoms with van der Waals surface area (Å²) in [5, 5.41) is 0. The minimum absolute atomic E-state index is 0. The van der Waals surface area contributed by atoms with Gasteiger partial charge in [0.05, 0.1) is 0 Å². The number of rotatable bonds is 0. The first-order valence-electron chi connectivity index (χ1n) is 0. The topological polar surface area (TPSA) is 0 Å². The standard InChI is InChI=1S/Ca.2ClH.Na/h;2*1H;/q+2;;;+1. The van der Waals surface area contributed by atoms with Gasteiger partial charge in [0.15, 0.2) is 0 Å². The van der Waals surface area contributed by atoms with Crippen molar-refractivity contribution in [1.29, 1.82) is 0 Å². The van der Waals surface area contributed by atoms with Crippen molar-refractivity contribution < 1.29 is 29.6 Å². The van der Waals surface area contributed by atoms with Gasteiger partial charge in [-0.25, -0.2) is 0 Å². The first-order chi connectivity index (χ1) is 0. The van der Waals surface area contributed by atoms with Crippen molar-refractivity contribution in [1.82, 2.24) is 0 Å². The van der Waals surface area contributed by atoms with E-state index < -0.39 is 0 Å². The third-order valence-corrected chi connectivity index (χ3v) is 0. The second-order valence-electron chi connectivity index (χ2n) is 0. The van der Waals surface area contributed by atoms with Crippen LogP contribution in [0.25, 0.3) is 0 Å². The monoisotopic (exact) mass is 135 g/mol. The first-order valence-corrected chi connectivity index (χ1v) is 0. The van der Waals surface area contributed by atoms with Crippen LogP contribution in [-0.2, 0) is 0 Å². The summed E-state index contributed by atoms with van der Waals surface area (Å²) in [6, 6.07) is 0. The summed E-state index contributed by atoms with van der Waals surface area (Å²) in [6.45, 7) is 0. The molecule has 0 fully saturated rings. The first kappa shape index (κ1) is 28.9. The molecule has 0 saturated heterocycles. The Morgan fingerprint density at radius 3 is 0.750 bits per heavy atom. The molecule has 0 aromatic carbocycles. The van der Waals surface area contributed by atoms with Gasteiger partial charge in [-0.05, 0) is 0 Å². The van der Waals surface area contributed by atoms with Gasteiger partial charge in [0.1, 0.15) is 0 Å². The van der Waals surface area contributed by atoms with Crippen molar-refractivity contribution in [3.63, 3.8) is 0 Å². The molecule has 0 rings (SSSR count). The van der Waals surface area contributed by atoms with Crippen molar-refractivity contribution in [3.05, 3.63) is 0 Å². The Balaban J connectivity index is 0. The third kappa shape index (κ3) is 8.85. The Labute approximate surface area is 90.2 Å². The summed E-state index contributed by atoms with van der Waals surface area (Å²) in [5.41, 5.74) is 0. The van der Waals surface area contributed by atoms with E-state index in [0.29, 0.717) is 0 Å². The van der Waals surface area contributed by atoms with Crippen molar-refractivity contribution >= 4 is 62.6 Å². The second kappa shape index (κ2) is 17.0. The van der Waals surface area contributed by atoms with Gasteiger partial charge in [0.2, 0.25) is 0 Å². The Kier molecular flexibility index (Phi) is 123. The zero-order valence-corrected chi connectivity index (χ0v) is 8.36. The van der Waals surface area contributed by atoms with E-state index in [2.05, 4.69) is 0 Å². The van der Waals surface area contributed by atoms with E-state index in [0.717, 1.165) is 0 Å². The van der Waals surface area contributed by atoms with Gasteiger partial charge in [0, 0.05) is 0 Å². The molecule has 0 unspecified atom stereocenters. The average Bonchev–Trinajstić information content (AvgIpc) is 0. The maximum absolute atomic E-state index is 0. The molecular formula is H2CaCl2Na+3. The van der Waals surface area contributed by atoms with Crippen LogP contribution >= 0.6 is 24.8 Å². The summed E-state index contributed by atoms with van der Waals surface area (Å²) in [4.78, 5) is 0. The van der Waals surface area contributed by atoms with Gasteiger partial charge in [-0.2, -0.15) is 0 Å². The maximum Gasteiger partial charge on any atom is 2.00 e. The van der Waals surface area contributed by atoms with Crippen molar-refractivity contribution in [3.8, 4) is 0 Å². The van der Waals surface area contributed by atoms with Gasteiger partial charge in [-0.1, -0.05) is 0 Å². The Morgan fingerprint density at radius 1 is 0.750 bits per heavy atom. The molecule has 4 heteroatoms. The van der Waals surface area contributed by atoms with Crippen LogP contribution in [0.1, 0.15) is 0 Å². The predicted molar refractivity (Wildman–Crippen MR) is 20.2 cm³/mol. The molecular weight excluding hydrogens is 134 g/mol. The number of hydrogen-bond acceptors (Lipinski definition) is 0. The predicted octanol–water partition coefficient (Wildman–Crippen LogP) is -2.53. The van der Waals surface area contributed by atoms with Gasteiger partial charge >= 0.3 is 67.3 Å². The van der Waals surface area contributed by atoms with E-state index in [9.17, 15) is 0 Å². The van der Waals surface area contributed by atoms with Gasteiger partial charge < -0.3 is 0 Å². The van der Waals surface area contributed by atoms with Crippen molar-refractivity contribution in [2.75, 3.05) is 0 Å². The van der Waals surface area contributed by atoms with Gasteiger partial charge in [-0.3, -0.25) is 0 Å². The molecule has 0 saturated carbocycles. The molecule has 0 aromatic heterocycles. The molecule has 0 bridgehead atoms. The molecule has 0 nitrogen and oxygen atoms in total. The van der Waals surface area contributed by atoms with E-state index in [1.807, 2.05) is 0 Å². The minimum Gasteiger partial charge on any atom is -0.147 e. The summed E-state index contributed by atoms with van der Waals surface area (Å²) in [5.74, 6) is 0. The molecule has 0 aliphatic carbocycles. The summed E-state index contributed by atoms with van der Waals surface area (Å²) in [6.07, 6.45) is 0. The molecule has 0 amide bonds. The Bertz CT molecular complexity index is 6.00. The normalized spacial score (nSPS) is 0. The molecule has 0 spiro atoms. The minimum atomic E-state index is 0. The Morgan fingerprint density at radius 2 is 0.750 bits per heavy atom. The van der Waals surface area contributed by atoms with Crippen LogP contribution in [0.2, 0.25) is 0 Å². The van der Waals surface area contributed by atoms with Crippen LogP contribution < -0.4 is 29.6 Å². The third-order valence-electron chi connectivity index (χ3n) is 0. The van der Waals surface area contributed by atoms with E-state index in [4.69, 9.17) is 0 Å². The summed E-state index contributed by atoms with van der Waals surface area (Å²) in [7, 11) is 0. The number of hydrogen-bond donors (Lipinski definition) is 0. The summed E-state index contributed by atoms with van der Waals surface area (Å²) >= 11 is 0. The van der Waals surface area contributed by atoms with Crippen molar-refractivity contribution in [2.24, 2.45) is 0 Å². The van der Waals surface area contributed by atoms with E-state index in [1.165, 1.54) is 0 Å². The molecule has 0 atom stereocenters. The molecule has 16 valence electrons. The molecule has 0 N–H and O–H groups in total. The summed E-state index contributed by atoms with van der Waals surface area (Å²) < 4.78 is 0. The van der Waals surface area contributed by atoms with Crippen LogP contribution in [0.5, 0.6) is 0 Å². The molecule has 4 heavy (non-hydrogen) atoms. The number of halogens is 2. The molecule has 0 aromatic rings. The van der Waals surface area contributed by atoms with Crippen molar-refractivity contribution in [2.45, 2.75) is 0 Å². The SMILES string of the molecule is Cl.Cl.[Ca+2].[Na+]. The fourth-order valence-electron chi connectivity index (χ4n) is 0. The van der Waals surface area contributed by atoms with Crippen LogP contribution in [-0.4, -0.2) is 37.7 Å². The molecule has 0 heterocycles. The average molecular weight is 136 g/mol. The van der Waals surface area contributed by atoms with Gasteiger partial charge in [0.25, 0.3) is 0 Å². The van der Waals surface area contributed by atoms with Gasteiger partial charge in [-0.15, -0.1) is 24.8 Å². The quantitative estimate of drug-likeness (QED) is 0.322. The van der Waals surface area contributed by atoms with E-state index in [-0.39, 0.29) is 92.1 Å². The fourth-order valence-corrected chi connectivity index (χ4v) is 0. The molecule has 0 aliphatic rings. The van der Waals surface area contributed by atoms with Crippen LogP contribution in [0.3, 0.4) is 0 Å². The van der Waals surface area contributed by atoms with Crippen LogP contribution in [0.15, 0.2) is 0 Å². The van der Waals surface area contributed by atoms with E-state index in [1.54, 1.807) is 0 Å². The molecule has 0 aliphatic heterocycles. The zero-order chi connectivity index (χ0) is 0. The Hall–Kier alpha value is 2.84. The molecule has 0 radical (unpaired) electrons. The second-order valence-corrected chi connectivity index (χ2v) is 0. The zero-order valence-electron chi connectivity index (χ0n) is 2.52.